The summed E-state index contributed by atoms with van der Waals surface area (Å²) in [5.41, 5.74) is -0.220. The maximum absolute atomic E-state index is 13.0. The molecular formula is C36H26N4O12S2. The molecule has 0 radical (unpaired) electrons. The average Bonchev–Trinajstić information content (AvgIpc) is 3.11. The lowest BCUT2D eigenvalue weighted by molar-refractivity contribution is -0.132. The molecule has 4 amide bonds. The zero-order valence-corrected chi connectivity index (χ0v) is 28.9. The third-order valence-electron chi connectivity index (χ3n) is 8.01. The monoisotopic (exact) mass is 770 g/mol. The van der Waals surface area contributed by atoms with Crippen molar-refractivity contribution in [3.8, 4) is 11.5 Å². The normalized spacial score (nSPS) is 11.5. The molecule has 16 nitrogen and oxygen atoms in total. The Morgan fingerprint density at radius 3 is 1.11 bits per heavy atom. The second kappa shape index (κ2) is 14.3. The van der Waals surface area contributed by atoms with Gasteiger partial charge in [-0.1, -0.05) is 24.3 Å². The second-order valence-electron chi connectivity index (χ2n) is 11.6. The molecule has 0 saturated carbocycles. The van der Waals surface area contributed by atoms with Crippen LogP contribution in [0.5, 0.6) is 11.5 Å². The number of anilines is 4. The Kier molecular flexibility index (Phi) is 9.76. The van der Waals surface area contributed by atoms with Gasteiger partial charge in [-0.05, 0) is 84.9 Å². The number of nitrogens with one attached hydrogen (secondary N) is 4. The van der Waals surface area contributed by atoms with Crippen molar-refractivity contribution in [3.05, 3.63) is 120 Å². The van der Waals surface area contributed by atoms with Gasteiger partial charge in [0.05, 0.1) is 11.4 Å². The number of hydrogen-bond donors (Lipinski definition) is 8. The number of benzene rings is 6. The Hall–Kier alpha value is -6.86. The number of amides is 4. The van der Waals surface area contributed by atoms with E-state index >= 15 is 0 Å². The van der Waals surface area contributed by atoms with Gasteiger partial charge in [0.1, 0.15) is 21.3 Å². The maximum atomic E-state index is 13.0. The van der Waals surface area contributed by atoms with E-state index in [-0.39, 0.29) is 66.9 Å². The summed E-state index contributed by atoms with van der Waals surface area (Å²) in [7, 11) is -9.70. The fraction of sp³-hybridized carbons (Fsp3) is 0. The van der Waals surface area contributed by atoms with Crippen molar-refractivity contribution in [1.29, 1.82) is 0 Å². The first-order chi connectivity index (χ1) is 25.5. The van der Waals surface area contributed by atoms with Crippen LogP contribution >= 0.6 is 0 Å². The van der Waals surface area contributed by atoms with E-state index < -0.39 is 53.7 Å². The van der Waals surface area contributed by atoms with Crippen LogP contribution in [0.25, 0.3) is 21.5 Å². The van der Waals surface area contributed by atoms with Crippen LogP contribution in [0.15, 0.2) is 119 Å². The summed E-state index contributed by atoms with van der Waals surface area (Å²) in [6, 6.07) is 23.6. The smallest absolute Gasteiger partial charge is 0.314 e. The zero-order valence-electron chi connectivity index (χ0n) is 27.3. The van der Waals surface area contributed by atoms with Gasteiger partial charge in [0.15, 0.2) is 0 Å². The maximum Gasteiger partial charge on any atom is 0.314 e. The second-order valence-corrected chi connectivity index (χ2v) is 14.3. The molecule has 0 spiro atoms. The molecule has 0 aliphatic heterocycles. The van der Waals surface area contributed by atoms with Crippen LogP contribution in [-0.2, 0) is 29.8 Å². The Bertz CT molecular complexity index is 2560. The highest BCUT2D eigenvalue weighted by atomic mass is 32.2. The van der Waals surface area contributed by atoms with Crippen molar-refractivity contribution >= 4 is 88.2 Å². The Labute approximate surface area is 305 Å². The van der Waals surface area contributed by atoms with Crippen LogP contribution in [0.1, 0.15) is 20.7 Å². The molecule has 0 aliphatic carbocycles. The number of fused-ring (bicyclic) bond motifs is 2. The standard InChI is InChI=1S/C36H26N4O12S2/c41-29-5-1-3-25-23(29)15-17-27(31(25)53(47,48)49)39-33(43)19-7-11-21(12-8-19)37-35(45)36(46)38-22-13-9-20(10-14-22)34(44)40-28-18-16-24-26(4-2-6-30(24)42)32(28)54(50,51)52/h1-18,41-42H,(H,37,45)(H,38,46)(H,39,43)(H,40,44)(H,47,48,49)(H,50,51,52). The quantitative estimate of drug-likeness (QED) is 0.0753. The number of carbonyl (C=O) groups excluding carboxylic acids is 4. The predicted molar refractivity (Wildman–Crippen MR) is 197 cm³/mol. The summed E-state index contributed by atoms with van der Waals surface area (Å²) in [6.45, 7) is 0. The summed E-state index contributed by atoms with van der Waals surface area (Å²) in [5.74, 6) is -4.20. The van der Waals surface area contributed by atoms with Gasteiger partial charge in [-0.3, -0.25) is 28.3 Å². The molecule has 6 aromatic rings. The topological polar surface area (TPSA) is 266 Å². The Morgan fingerprint density at radius 1 is 0.426 bits per heavy atom. The van der Waals surface area contributed by atoms with E-state index in [2.05, 4.69) is 21.3 Å². The van der Waals surface area contributed by atoms with E-state index in [1.54, 1.807) is 0 Å². The van der Waals surface area contributed by atoms with Crippen molar-refractivity contribution in [2.24, 2.45) is 0 Å². The molecule has 18 heteroatoms. The van der Waals surface area contributed by atoms with Crippen molar-refractivity contribution < 1.29 is 55.3 Å². The number of phenols is 2. The van der Waals surface area contributed by atoms with Crippen LogP contribution < -0.4 is 21.3 Å². The highest BCUT2D eigenvalue weighted by Crippen LogP contribution is 2.36. The molecule has 0 saturated heterocycles. The lowest BCUT2D eigenvalue weighted by Crippen LogP contribution is -2.29. The molecule has 54 heavy (non-hydrogen) atoms. The molecule has 6 rings (SSSR count). The fourth-order valence-corrected chi connectivity index (χ4v) is 7.26. The number of aromatic hydroxyl groups is 2. The Balaban J connectivity index is 1.08. The van der Waals surface area contributed by atoms with Crippen molar-refractivity contribution in [1.82, 2.24) is 0 Å². The van der Waals surface area contributed by atoms with Crippen molar-refractivity contribution in [2.45, 2.75) is 9.79 Å². The number of rotatable bonds is 8. The summed E-state index contributed by atoms with van der Waals surface area (Å²) < 4.78 is 68.5. The highest BCUT2D eigenvalue weighted by Gasteiger charge is 2.24. The van der Waals surface area contributed by atoms with Gasteiger partial charge in [0.25, 0.3) is 32.1 Å². The summed E-state index contributed by atoms with van der Waals surface area (Å²) in [6.07, 6.45) is 0. The highest BCUT2D eigenvalue weighted by molar-refractivity contribution is 7.86. The molecule has 0 fully saturated rings. The van der Waals surface area contributed by atoms with Crippen molar-refractivity contribution in [2.75, 3.05) is 21.3 Å². The number of carbonyl (C=O) groups is 4. The summed E-state index contributed by atoms with van der Waals surface area (Å²) >= 11 is 0. The average molecular weight is 771 g/mol. The van der Waals surface area contributed by atoms with Crippen LogP contribution in [-0.4, -0.2) is 59.8 Å². The van der Waals surface area contributed by atoms with Gasteiger partial charge in [-0.25, -0.2) is 0 Å². The van der Waals surface area contributed by atoms with Crippen LogP contribution in [0.2, 0.25) is 0 Å². The molecule has 6 aromatic carbocycles. The van der Waals surface area contributed by atoms with E-state index in [4.69, 9.17) is 0 Å². The van der Waals surface area contributed by atoms with Gasteiger partial charge in [0, 0.05) is 44.0 Å². The minimum Gasteiger partial charge on any atom is -0.507 e. The SMILES string of the molecule is O=C(Nc1ccc(C(=O)Nc2ccc3c(O)cccc3c2S(=O)(=O)O)cc1)C(=O)Nc1ccc(C(=O)Nc2ccc3c(O)cccc3c2S(=O)(=O)O)cc1. The van der Waals surface area contributed by atoms with E-state index in [0.29, 0.717) is 0 Å². The van der Waals surface area contributed by atoms with E-state index in [9.17, 15) is 55.3 Å². The van der Waals surface area contributed by atoms with Gasteiger partial charge in [-0.15, -0.1) is 0 Å². The molecule has 0 atom stereocenters. The predicted octanol–water partition coefficient (Wildman–Crippen LogP) is 4.98. The first-order valence-corrected chi connectivity index (χ1v) is 18.3. The van der Waals surface area contributed by atoms with E-state index in [1.807, 2.05) is 0 Å². The molecular weight excluding hydrogens is 745 g/mol. The molecule has 0 aliphatic rings. The van der Waals surface area contributed by atoms with Gasteiger partial charge in [0.2, 0.25) is 0 Å². The molecule has 0 aromatic heterocycles. The third-order valence-corrected chi connectivity index (χ3v) is 9.92. The van der Waals surface area contributed by atoms with Crippen molar-refractivity contribution in [3.63, 3.8) is 0 Å². The molecule has 274 valence electrons. The zero-order chi connectivity index (χ0) is 38.9. The first kappa shape index (κ1) is 36.9. The van der Waals surface area contributed by atoms with Gasteiger partial charge in [-0.2, -0.15) is 16.8 Å². The first-order valence-electron chi connectivity index (χ1n) is 15.4. The molecule has 0 bridgehead atoms. The largest absolute Gasteiger partial charge is 0.507 e. The lowest BCUT2D eigenvalue weighted by Gasteiger charge is -2.13. The van der Waals surface area contributed by atoms with E-state index in [1.165, 1.54) is 109 Å². The van der Waals surface area contributed by atoms with Gasteiger partial charge < -0.3 is 31.5 Å². The minimum atomic E-state index is -4.85. The summed E-state index contributed by atoms with van der Waals surface area (Å²) in [5, 5.41) is 29.9. The lowest BCUT2D eigenvalue weighted by atomic mass is 10.1. The number of phenolic OH excluding ortho intramolecular Hbond substituents is 2. The summed E-state index contributed by atoms with van der Waals surface area (Å²) in [4.78, 5) is 49.9. The number of hydrogen-bond acceptors (Lipinski definition) is 10. The molecule has 8 N–H and O–H groups in total. The van der Waals surface area contributed by atoms with Crippen LogP contribution in [0.3, 0.4) is 0 Å². The Morgan fingerprint density at radius 2 is 0.778 bits per heavy atom. The van der Waals surface area contributed by atoms with Crippen LogP contribution in [0.4, 0.5) is 22.7 Å². The molecule has 0 unspecified atom stereocenters. The molecule has 0 heterocycles. The van der Waals surface area contributed by atoms with Gasteiger partial charge >= 0.3 is 11.8 Å². The van der Waals surface area contributed by atoms with Crippen LogP contribution in [0, 0.1) is 0 Å². The minimum absolute atomic E-state index is 0.0213. The fourth-order valence-electron chi connectivity index (χ4n) is 5.55. The third kappa shape index (κ3) is 7.66. The van der Waals surface area contributed by atoms with E-state index in [0.717, 1.165) is 0 Å².